The van der Waals surface area contributed by atoms with Gasteiger partial charge in [0.1, 0.15) is 19.0 Å². The lowest BCUT2D eigenvalue weighted by atomic mass is 10.3. The van der Waals surface area contributed by atoms with Gasteiger partial charge in [0, 0.05) is 4.90 Å². The monoisotopic (exact) mass is 238 g/mol. The van der Waals surface area contributed by atoms with Crippen LogP contribution < -0.4 is 9.47 Å². The number of Topliss-reactive ketones (excluding diaryl/α,β-unsaturated/α-hetero) is 1. The molecular formula is C12H14O3S. The maximum atomic E-state index is 11.2. The molecule has 0 radical (unpaired) electrons. The van der Waals surface area contributed by atoms with Crippen LogP contribution in [-0.2, 0) is 4.79 Å². The number of carbonyl (C=O) groups excluding carboxylic acids is 1. The van der Waals surface area contributed by atoms with E-state index >= 15 is 0 Å². The summed E-state index contributed by atoms with van der Waals surface area (Å²) in [5.41, 5.74) is 0. The Balaban J connectivity index is 2.14. The Bertz CT molecular complexity index is 403. The summed E-state index contributed by atoms with van der Waals surface area (Å²) in [6.07, 6.45) is 0. The van der Waals surface area contributed by atoms with E-state index in [1.54, 1.807) is 6.92 Å². The summed E-state index contributed by atoms with van der Waals surface area (Å²) in [6, 6.07) is 5.78. The van der Waals surface area contributed by atoms with Crippen LogP contribution in [-0.4, -0.2) is 24.2 Å². The van der Waals surface area contributed by atoms with Gasteiger partial charge in [-0.3, -0.25) is 4.79 Å². The van der Waals surface area contributed by atoms with E-state index in [-0.39, 0.29) is 11.0 Å². The molecule has 1 atom stereocenters. The van der Waals surface area contributed by atoms with Crippen LogP contribution in [0.25, 0.3) is 0 Å². The second-order valence-corrected chi connectivity index (χ2v) is 5.09. The highest BCUT2D eigenvalue weighted by atomic mass is 32.2. The minimum absolute atomic E-state index is 0.0254. The van der Waals surface area contributed by atoms with E-state index < -0.39 is 0 Å². The molecule has 0 amide bonds. The van der Waals surface area contributed by atoms with Gasteiger partial charge in [0.15, 0.2) is 11.5 Å². The predicted molar refractivity (Wildman–Crippen MR) is 63.4 cm³/mol. The standard InChI is InChI=1S/C12H14O3S/c1-8(13)9(2)16-10-3-4-11-12(7-10)15-6-5-14-11/h3-4,7,9H,5-6H2,1-2H3. The molecule has 0 N–H and O–H groups in total. The number of carbonyl (C=O) groups is 1. The first-order chi connectivity index (χ1) is 7.66. The van der Waals surface area contributed by atoms with Crippen LogP contribution in [0.2, 0.25) is 0 Å². The second-order valence-electron chi connectivity index (χ2n) is 3.68. The van der Waals surface area contributed by atoms with Gasteiger partial charge in [0.2, 0.25) is 0 Å². The number of hydrogen-bond acceptors (Lipinski definition) is 4. The molecule has 86 valence electrons. The van der Waals surface area contributed by atoms with Crippen molar-refractivity contribution in [1.82, 2.24) is 0 Å². The molecule has 1 aromatic rings. The summed E-state index contributed by atoms with van der Waals surface area (Å²) in [6.45, 7) is 4.70. The second kappa shape index (κ2) is 4.78. The number of hydrogen-bond donors (Lipinski definition) is 0. The summed E-state index contributed by atoms with van der Waals surface area (Å²) in [5, 5.41) is -0.0254. The molecule has 0 saturated heterocycles. The molecular weight excluding hydrogens is 224 g/mol. The lowest BCUT2D eigenvalue weighted by molar-refractivity contribution is -0.116. The average Bonchev–Trinajstić information content (AvgIpc) is 2.28. The van der Waals surface area contributed by atoms with Gasteiger partial charge < -0.3 is 9.47 Å². The van der Waals surface area contributed by atoms with Gasteiger partial charge in [-0.05, 0) is 32.0 Å². The minimum atomic E-state index is -0.0254. The molecule has 3 nitrogen and oxygen atoms in total. The Labute approximate surface area is 99.1 Å². The number of thioether (sulfide) groups is 1. The van der Waals surface area contributed by atoms with Crippen molar-refractivity contribution in [2.45, 2.75) is 24.0 Å². The SMILES string of the molecule is CC(=O)C(C)Sc1ccc2c(c1)OCCO2. The van der Waals surface area contributed by atoms with Crippen LogP contribution in [0.1, 0.15) is 13.8 Å². The number of fused-ring (bicyclic) bond motifs is 1. The van der Waals surface area contributed by atoms with Gasteiger partial charge >= 0.3 is 0 Å². The van der Waals surface area contributed by atoms with Crippen molar-refractivity contribution >= 4 is 17.5 Å². The zero-order valence-corrected chi connectivity index (χ0v) is 10.2. The van der Waals surface area contributed by atoms with Crippen molar-refractivity contribution in [3.63, 3.8) is 0 Å². The highest BCUT2D eigenvalue weighted by Gasteiger charge is 2.14. The molecule has 0 aromatic heterocycles. The molecule has 0 fully saturated rings. The molecule has 16 heavy (non-hydrogen) atoms. The van der Waals surface area contributed by atoms with Crippen LogP contribution in [0.15, 0.2) is 23.1 Å². The van der Waals surface area contributed by atoms with Crippen molar-refractivity contribution in [1.29, 1.82) is 0 Å². The van der Waals surface area contributed by atoms with E-state index in [0.717, 1.165) is 16.4 Å². The Morgan fingerprint density at radius 3 is 2.69 bits per heavy atom. The maximum absolute atomic E-state index is 11.2. The summed E-state index contributed by atoms with van der Waals surface area (Å²) in [5.74, 6) is 1.73. The lowest BCUT2D eigenvalue weighted by Crippen LogP contribution is -2.15. The van der Waals surface area contributed by atoms with Crippen LogP contribution in [0, 0.1) is 0 Å². The van der Waals surface area contributed by atoms with Gasteiger partial charge in [-0.2, -0.15) is 0 Å². The molecule has 1 aliphatic heterocycles. The Hall–Kier alpha value is -1.16. The third kappa shape index (κ3) is 2.50. The molecule has 0 aliphatic carbocycles. The topological polar surface area (TPSA) is 35.5 Å². The van der Waals surface area contributed by atoms with E-state index in [1.165, 1.54) is 11.8 Å². The largest absolute Gasteiger partial charge is 0.486 e. The normalized spacial score (nSPS) is 15.6. The highest BCUT2D eigenvalue weighted by molar-refractivity contribution is 8.00. The first-order valence-electron chi connectivity index (χ1n) is 5.23. The van der Waals surface area contributed by atoms with Crippen molar-refractivity contribution < 1.29 is 14.3 Å². The first-order valence-corrected chi connectivity index (χ1v) is 6.11. The fourth-order valence-electron chi connectivity index (χ4n) is 1.38. The van der Waals surface area contributed by atoms with E-state index in [9.17, 15) is 4.79 Å². The van der Waals surface area contributed by atoms with Crippen LogP contribution in [0.4, 0.5) is 0 Å². The van der Waals surface area contributed by atoms with Crippen molar-refractivity contribution in [3.8, 4) is 11.5 Å². The molecule has 0 saturated carbocycles. The summed E-state index contributed by atoms with van der Waals surface area (Å²) in [7, 11) is 0. The molecule has 0 spiro atoms. The predicted octanol–water partition coefficient (Wildman–Crippen LogP) is 2.53. The number of benzene rings is 1. The van der Waals surface area contributed by atoms with Gasteiger partial charge in [-0.15, -0.1) is 11.8 Å². The molecule has 4 heteroatoms. The van der Waals surface area contributed by atoms with Gasteiger partial charge in [-0.25, -0.2) is 0 Å². The molecule has 1 aliphatic rings. The first kappa shape index (κ1) is 11.3. The third-order valence-electron chi connectivity index (χ3n) is 2.40. The minimum Gasteiger partial charge on any atom is -0.486 e. The van der Waals surface area contributed by atoms with E-state index in [0.29, 0.717) is 13.2 Å². The summed E-state index contributed by atoms with van der Waals surface area (Å²) >= 11 is 1.54. The number of ether oxygens (including phenoxy) is 2. The Morgan fingerprint density at radius 1 is 1.31 bits per heavy atom. The van der Waals surface area contributed by atoms with Crippen molar-refractivity contribution in [3.05, 3.63) is 18.2 Å². The zero-order chi connectivity index (χ0) is 11.5. The maximum Gasteiger partial charge on any atom is 0.162 e. The van der Waals surface area contributed by atoms with Crippen molar-refractivity contribution in [2.75, 3.05) is 13.2 Å². The Morgan fingerprint density at radius 2 is 2.00 bits per heavy atom. The Kier molecular flexibility index (Phi) is 3.39. The molecule has 0 bridgehead atoms. The molecule has 1 heterocycles. The summed E-state index contributed by atoms with van der Waals surface area (Å²) < 4.78 is 10.9. The lowest BCUT2D eigenvalue weighted by Gasteiger charge is -2.19. The molecule has 1 unspecified atom stereocenters. The summed E-state index contributed by atoms with van der Waals surface area (Å²) in [4.78, 5) is 12.2. The fourth-order valence-corrected chi connectivity index (χ4v) is 2.28. The van der Waals surface area contributed by atoms with Crippen molar-refractivity contribution in [2.24, 2.45) is 0 Å². The van der Waals surface area contributed by atoms with E-state index in [4.69, 9.17) is 9.47 Å². The van der Waals surface area contributed by atoms with Crippen LogP contribution in [0.5, 0.6) is 11.5 Å². The van der Waals surface area contributed by atoms with Gasteiger partial charge in [0.05, 0.1) is 5.25 Å². The van der Waals surface area contributed by atoms with E-state index in [2.05, 4.69) is 0 Å². The third-order valence-corrected chi connectivity index (χ3v) is 3.61. The number of ketones is 1. The fraction of sp³-hybridized carbons (Fsp3) is 0.417. The van der Waals surface area contributed by atoms with E-state index in [1.807, 2.05) is 25.1 Å². The molecule has 2 rings (SSSR count). The van der Waals surface area contributed by atoms with Gasteiger partial charge in [0.25, 0.3) is 0 Å². The molecule has 1 aromatic carbocycles. The average molecular weight is 238 g/mol. The van der Waals surface area contributed by atoms with Crippen LogP contribution >= 0.6 is 11.8 Å². The number of rotatable bonds is 3. The van der Waals surface area contributed by atoms with Crippen LogP contribution in [0.3, 0.4) is 0 Å². The highest BCUT2D eigenvalue weighted by Crippen LogP contribution is 2.35. The quantitative estimate of drug-likeness (QED) is 0.758. The smallest absolute Gasteiger partial charge is 0.162 e. The zero-order valence-electron chi connectivity index (χ0n) is 9.36. The van der Waals surface area contributed by atoms with Gasteiger partial charge in [-0.1, -0.05) is 0 Å².